The highest BCUT2D eigenvalue weighted by atomic mass is 32.2. The third-order valence-electron chi connectivity index (χ3n) is 1.20. The maximum Gasteiger partial charge on any atom is 0.123 e. The molecule has 2 nitrogen and oxygen atoms in total. The van der Waals surface area contributed by atoms with E-state index in [9.17, 15) is 13.2 Å². The van der Waals surface area contributed by atoms with E-state index in [4.69, 9.17) is 0 Å². The first-order valence-electron chi connectivity index (χ1n) is 2.99. The van der Waals surface area contributed by atoms with Gasteiger partial charge in [-0.15, -0.1) is 0 Å². The van der Waals surface area contributed by atoms with Gasteiger partial charge in [-0.05, 0) is 17.7 Å². The Morgan fingerprint density at radius 2 is 1.91 bits per heavy atom. The first kappa shape index (κ1) is 8.36. The predicted molar refractivity (Wildman–Crippen MR) is 39.0 cm³/mol. The highest BCUT2D eigenvalue weighted by Crippen LogP contribution is 2.04. The SMILES string of the molecule is O=S([O-])Cc1ccc(F)cc1. The standard InChI is InChI=1S/C7H7FO2S/c8-7-3-1-6(2-4-7)5-11(9)10/h1-4H,5H2,(H,9,10)/p-1. The molecule has 1 aromatic rings. The van der Waals surface area contributed by atoms with Gasteiger partial charge in [0.2, 0.25) is 0 Å². The summed E-state index contributed by atoms with van der Waals surface area (Å²) >= 11 is -2.10. The van der Waals surface area contributed by atoms with Crippen LogP contribution in [0.5, 0.6) is 0 Å². The first-order valence-corrected chi connectivity index (χ1v) is 4.23. The average molecular weight is 173 g/mol. The molecule has 11 heavy (non-hydrogen) atoms. The second kappa shape index (κ2) is 3.59. The van der Waals surface area contributed by atoms with Crippen molar-refractivity contribution in [3.8, 4) is 0 Å². The van der Waals surface area contributed by atoms with Gasteiger partial charge in [0.05, 0.1) is 0 Å². The minimum absolute atomic E-state index is 0.0553. The molecule has 0 fully saturated rings. The van der Waals surface area contributed by atoms with Gasteiger partial charge in [-0.25, -0.2) is 4.39 Å². The van der Waals surface area contributed by atoms with Gasteiger partial charge in [0.15, 0.2) is 0 Å². The van der Waals surface area contributed by atoms with Crippen molar-refractivity contribution in [2.24, 2.45) is 0 Å². The molecule has 1 aromatic carbocycles. The summed E-state index contributed by atoms with van der Waals surface area (Å²) in [7, 11) is 0. The van der Waals surface area contributed by atoms with E-state index in [2.05, 4.69) is 0 Å². The lowest BCUT2D eigenvalue weighted by molar-refractivity contribution is 0.536. The van der Waals surface area contributed by atoms with Crippen LogP contribution in [-0.4, -0.2) is 8.76 Å². The van der Waals surface area contributed by atoms with Crippen molar-refractivity contribution >= 4 is 11.1 Å². The molecule has 1 unspecified atom stereocenters. The summed E-state index contributed by atoms with van der Waals surface area (Å²) in [6.07, 6.45) is 0. The van der Waals surface area contributed by atoms with Crippen molar-refractivity contribution in [1.29, 1.82) is 0 Å². The van der Waals surface area contributed by atoms with E-state index in [0.29, 0.717) is 5.56 Å². The third kappa shape index (κ3) is 2.78. The fourth-order valence-electron chi connectivity index (χ4n) is 0.717. The molecule has 0 amide bonds. The molecule has 0 aliphatic carbocycles. The zero-order valence-electron chi connectivity index (χ0n) is 5.62. The van der Waals surface area contributed by atoms with Crippen molar-refractivity contribution < 1.29 is 13.2 Å². The molecule has 0 heterocycles. The summed E-state index contributed by atoms with van der Waals surface area (Å²) in [5, 5.41) is 0. The van der Waals surface area contributed by atoms with Crippen LogP contribution >= 0.6 is 0 Å². The predicted octanol–water partition coefficient (Wildman–Crippen LogP) is 1.20. The second-order valence-corrected chi connectivity index (χ2v) is 2.97. The van der Waals surface area contributed by atoms with Crippen LogP contribution in [0.3, 0.4) is 0 Å². The highest BCUT2D eigenvalue weighted by molar-refractivity contribution is 7.78. The molecule has 0 radical (unpaired) electrons. The fourth-order valence-corrected chi connectivity index (χ4v) is 1.18. The van der Waals surface area contributed by atoms with Gasteiger partial charge in [-0.1, -0.05) is 23.2 Å². The molecule has 1 rings (SSSR count). The van der Waals surface area contributed by atoms with E-state index in [1.165, 1.54) is 24.3 Å². The number of rotatable bonds is 2. The summed E-state index contributed by atoms with van der Waals surface area (Å²) in [5.74, 6) is -0.411. The topological polar surface area (TPSA) is 40.1 Å². The van der Waals surface area contributed by atoms with E-state index in [1.54, 1.807) is 0 Å². The van der Waals surface area contributed by atoms with E-state index in [-0.39, 0.29) is 11.6 Å². The Bertz CT molecular complexity index is 258. The van der Waals surface area contributed by atoms with Crippen LogP contribution in [0.25, 0.3) is 0 Å². The van der Waals surface area contributed by atoms with Crippen LogP contribution in [-0.2, 0) is 16.8 Å². The molecule has 0 spiro atoms. The second-order valence-electron chi connectivity index (χ2n) is 2.07. The van der Waals surface area contributed by atoms with Crippen LogP contribution in [0.4, 0.5) is 4.39 Å². The quantitative estimate of drug-likeness (QED) is 0.630. The lowest BCUT2D eigenvalue weighted by Crippen LogP contribution is -1.92. The van der Waals surface area contributed by atoms with Gasteiger partial charge < -0.3 is 4.55 Å². The third-order valence-corrected chi connectivity index (χ3v) is 1.77. The van der Waals surface area contributed by atoms with Gasteiger partial charge in [-0.2, -0.15) is 0 Å². The van der Waals surface area contributed by atoms with Crippen molar-refractivity contribution in [2.75, 3.05) is 0 Å². The minimum atomic E-state index is -2.10. The molecule has 0 aromatic heterocycles. The summed E-state index contributed by atoms with van der Waals surface area (Å²) in [6, 6.07) is 5.38. The largest absolute Gasteiger partial charge is 0.772 e. The molecule has 0 saturated carbocycles. The zero-order chi connectivity index (χ0) is 8.27. The lowest BCUT2D eigenvalue weighted by atomic mass is 10.2. The molecule has 0 aliphatic rings. The van der Waals surface area contributed by atoms with Crippen LogP contribution in [0.15, 0.2) is 24.3 Å². The molecule has 0 aliphatic heterocycles. The van der Waals surface area contributed by atoms with Gasteiger partial charge in [0, 0.05) is 5.75 Å². The van der Waals surface area contributed by atoms with E-state index < -0.39 is 11.1 Å². The number of halogens is 1. The maximum atomic E-state index is 12.3. The number of benzene rings is 1. The monoisotopic (exact) mass is 173 g/mol. The molecule has 0 saturated heterocycles. The molecule has 4 heteroatoms. The lowest BCUT2D eigenvalue weighted by Gasteiger charge is -2.03. The molecule has 0 bridgehead atoms. The van der Waals surface area contributed by atoms with Crippen LogP contribution in [0, 0.1) is 5.82 Å². The Morgan fingerprint density at radius 1 is 1.36 bits per heavy atom. The van der Waals surface area contributed by atoms with Gasteiger partial charge >= 0.3 is 0 Å². The summed E-state index contributed by atoms with van der Waals surface area (Å²) < 4.78 is 32.6. The molecule has 0 N–H and O–H groups in total. The van der Waals surface area contributed by atoms with E-state index in [1.807, 2.05) is 0 Å². The Kier molecular flexibility index (Phi) is 2.73. The van der Waals surface area contributed by atoms with E-state index in [0.717, 1.165) is 0 Å². The molecule has 1 atom stereocenters. The van der Waals surface area contributed by atoms with Gasteiger partial charge in [0.25, 0.3) is 0 Å². The Morgan fingerprint density at radius 3 is 2.36 bits per heavy atom. The summed E-state index contributed by atoms with van der Waals surface area (Å²) in [6.45, 7) is 0. The van der Waals surface area contributed by atoms with Crippen LogP contribution in [0.1, 0.15) is 5.56 Å². The summed E-state index contributed by atoms with van der Waals surface area (Å²) in [5.41, 5.74) is 0.597. The van der Waals surface area contributed by atoms with Gasteiger partial charge in [0.1, 0.15) is 5.82 Å². The first-order chi connectivity index (χ1) is 5.18. The summed E-state index contributed by atoms with van der Waals surface area (Å²) in [4.78, 5) is 0. The van der Waals surface area contributed by atoms with Crippen LogP contribution in [0.2, 0.25) is 0 Å². The van der Waals surface area contributed by atoms with Crippen molar-refractivity contribution in [2.45, 2.75) is 5.75 Å². The highest BCUT2D eigenvalue weighted by Gasteiger charge is 1.92. The van der Waals surface area contributed by atoms with E-state index >= 15 is 0 Å². The normalized spacial score (nSPS) is 12.9. The Hall–Kier alpha value is -0.740. The number of hydrogen-bond donors (Lipinski definition) is 0. The molecular weight excluding hydrogens is 167 g/mol. The number of hydrogen-bond acceptors (Lipinski definition) is 2. The van der Waals surface area contributed by atoms with Crippen molar-refractivity contribution in [3.05, 3.63) is 35.6 Å². The Labute approximate surface area is 66.3 Å². The molecule has 60 valence electrons. The smallest absolute Gasteiger partial charge is 0.123 e. The Balaban J connectivity index is 2.74. The maximum absolute atomic E-state index is 12.3. The minimum Gasteiger partial charge on any atom is -0.772 e. The zero-order valence-corrected chi connectivity index (χ0v) is 6.44. The fraction of sp³-hybridized carbons (Fsp3) is 0.143. The van der Waals surface area contributed by atoms with Crippen molar-refractivity contribution in [3.63, 3.8) is 0 Å². The van der Waals surface area contributed by atoms with Crippen LogP contribution < -0.4 is 0 Å². The van der Waals surface area contributed by atoms with Gasteiger partial charge in [-0.3, -0.25) is 4.21 Å². The van der Waals surface area contributed by atoms with Crippen molar-refractivity contribution in [1.82, 2.24) is 0 Å². The average Bonchev–Trinajstić information content (AvgIpc) is 1.93. The molecular formula is C7H6FO2S-.